The van der Waals surface area contributed by atoms with Gasteiger partial charge >= 0.3 is 0 Å². The Morgan fingerprint density at radius 2 is 1.55 bits per heavy atom. The Balaban J connectivity index is 1.64. The maximum atomic E-state index is 12.9. The van der Waals surface area contributed by atoms with Crippen LogP contribution in [0.3, 0.4) is 0 Å². The monoisotopic (exact) mass is 440 g/mol. The lowest BCUT2D eigenvalue weighted by molar-refractivity contribution is -0.118. The van der Waals surface area contributed by atoms with Gasteiger partial charge in [0.15, 0.2) is 0 Å². The molecule has 6 heteroatoms. The van der Waals surface area contributed by atoms with Gasteiger partial charge in [0.25, 0.3) is 5.91 Å². The number of amides is 2. The van der Waals surface area contributed by atoms with Crippen molar-refractivity contribution in [2.24, 2.45) is 0 Å². The molecule has 2 amide bonds. The fourth-order valence-corrected chi connectivity index (χ4v) is 3.79. The molecular formula is C27H28N4O2. The van der Waals surface area contributed by atoms with E-state index in [1.54, 1.807) is 11.9 Å². The molecule has 0 radical (unpaired) electrons. The molecule has 0 bridgehead atoms. The Hall–Kier alpha value is -3.90. The summed E-state index contributed by atoms with van der Waals surface area (Å²) in [4.78, 5) is 29.0. The maximum absolute atomic E-state index is 12.9. The van der Waals surface area contributed by atoms with Crippen LogP contribution in [0, 0.1) is 0 Å². The second-order valence-corrected chi connectivity index (χ2v) is 8.29. The summed E-state index contributed by atoms with van der Waals surface area (Å²) in [6.45, 7) is 0.709. The van der Waals surface area contributed by atoms with Gasteiger partial charge in [-0.1, -0.05) is 48.5 Å². The molecule has 1 aliphatic rings. The third-order valence-electron chi connectivity index (χ3n) is 5.66. The van der Waals surface area contributed by atoms with Gasteiger partial charge < -0.3 is 20.4 Å². The van der Waals surface area contributed by atoms with Gasteiger partial charge in [0.05, 0.1) is 11.3 Å². The standard InChI is InChI=1S/C27H28N4O2/c1-30(2)18-17-24(32)31(3)21-15-13-20(14-16-21)28-26(19-9-5-4-6-10-19)25-22-11-7-8-12-23(22)29-27(25)33/h4-16,28H,17-18H2,1-3H3,(H,29,33)/b26-25-. The molecule has 0 spiro atoms. The summed E-state index contributed by atoms with van der Waals surface area (Å²) in [5.41, 5.74) is 5.59. The number of carbonyl (C=O) groups is 2. The first-order valence-electron chi connectivity index (χ1n) is 10.9. The average Bonchev–Trinajstić information content (AvgIpc) is 3.17. The highest BCUT2D eigenvalue weighted by Crippen LogP contribution is 2.37. The van der Waals surface area contributed by atoms with Crippen molar-refractivity contribution in [2.75, 3.05) is 43.2 Å². The molecule has 1 aliphatic heterocycles. The van der Waals surface area contributed by atoms with Gasteiger partial charge in [-0.3, -0.25) is 9.59 Å². The zero-order valence-corrected chi connectivity index (χ0v) is 19.1. The number of benzene rings is 3. The van der Waals surface area contributed by atoms with Crippen LogP contribution in [0.4, 0.5) is 17.1 Å². The maximum Gasteiger partial charge on any atom is 0.258 e. The van der Waals surface area contributed by atoms with Crippen LogP contribution in [0.5, 0.6) is 0 Å². The molecule has 0 aromatic heterocycles. The van der Waals surface area contributed by atoms with E-state index in [9.17, 15) is 9.59 Å². The Kier molecular flexibility index (Phi) is 6.56. The van der Waals surface area contributed by atoms with Crippen LogP contribution in [0.2, 0.25) is 0 Å². The second-order valence-electron chi connectivity index (χ2n) is 8.29. The van der Waals surface area contributed by atoms with Crippen LogP contribution >= 0.6 is 0 Å². The minimum atomic E-state index is -0.134. The predicted molar refractivity (Wildman–Crippen MR) is 135 cm³/mol. The lowest BCUT2D eigenvalue weighted by Gasteiger charge is -2.20. The smallest absolute Gasteiger partial charge is 0.258 e. The number of fused-ring (bicyclic) bond motifs is 1. The van der Waals surface area contributed by atoms with Crippen LogP contribution in [0.1, 0.15) is 17.5 Å². The fraction of sp³-hybridized carbons (Fsp3) is 0.185. The summed E-state index contributed by atoms with van der Waals surface area (Å²) in [5.74, 6) is -0.0684. The van der Waals surface area contributed by atoms with E-state index in [2.05, 4.69) is 10.6 Å². The summed E-state index contributed by atoms with van der Waals surface area (Å²) < 4.78 is 0. The lowest BCUT2D eigenvalue weighted by atomic mass is 10.00. The summed E-state index contributed by atoms with van der Waals surface area (Å²) >= 11 is 0. The summed E-state index contributed by atoms with van der Waals surface area (Å²) in [6, 6.07) is 25.2. The summed E-state index contributed by atoms with van der Waals surface area (Å²) in [5, 5.41) is 6.41. The summed E-state index contributed by atoms with van der Waals surface area (Å²) in [7, 11) is 5.70. The van der Waals surface area contributed by atoms with Crippen LogP contribution in [0.15, 0.2) is 78.9 Å². The molecule has 3 aromatic carbocycles. The van der Waals surface area contributed by atoms with E-state index in [4.69, 9.17) is 0 Å². The van der Waals surface area contributed by atoms with E-state index in [0.29, 0.717) is 18.5 Å². The number of rotatable bonds is 7. The highest BCUT2D eigenvalue weighted by atomic mass is 16.2. The lowest BCUT2D eigenvalue weighted by Crippen LogP contribution is -2.29. The van der Waals surface area contributed by atoms with Gasteiger partial charge in [-0.05, 0) is 50.0 Å². The fourth-order valence-electron chi connectivity index (χ4n) is 3.79. The van der Waals surface area contributed by atoms with E-state index in [-0.39, 0.29) is 11.8 Å². The number of nitrogens with zero attached hydrogens (tertiary/aromatic N) is 2. The second kappa shape index (κ2) is 9.71. The SMILES string of the molecule is CN(C)CCC(=O)N(C)c1ccc(N/C(=C2\C(=O)Nc3ccccc32)c2ccccc2)cc1. The molecule has 6 nitrogen and oxygen atoms in total. The van der Waals surface area contributed by atoms with E-state index in [1.165, 1.54) is 0 Å². The number of hydrogen-bond donors (Lipinski definition) is 2. The Bertz CT molecular complexity index is 1180. The summed E-state index contributed by atoms with van der Waals surface area (Å²) in [6.07, 6.45) is 0.461. The van der Waals surface area contributed by atoms with Gasteiger partial charge in [-0.25, -0.2) is 0 Å². The van der Waals surface area contributed by atoms with Crippen molar-refractivity contribution in [3.8, 4) is 0 Å². The third-order valence-corrected chi connectivity index (χ3v) is 5.66. The number of nitrogens with one attached hydrogen (secondary N) is 2. The van der Waals surface area contributed by atoms with Crippen molar-refractivity contribution in [3.05, 3.63) is 90.0 Å². The third kappa shape index (κ3) is 4.96. The quantitative estimate of drug-likeness (QED) is 0.530. The highest BCUT2D eigenvalue weighted by Gasteiger charge is 2.28. The van der Waals surface area contributed by atoms with Crippen LogP contribution in [-0.4, -0.2) is 44.4 Å². The van der Waals surface area contributed by atoms with Crippen molar-refractivity contribution >= 4 is 40.1 Å². The molecule has 1 heterocycles. The molecule has 33 heavy (non-hydrogen) atoms. The van der Waals surface area contributed by atoms with E-state index < -0.39 is 0 Å². The minimum Gasteiger partial charge on any atom is -0.354 e. The molecule has 0 fully saturated rings. The van der Waals surface area contributed by atoms with E-state index >= 15 is 0 Å². The van der Waals surface area contributed by atoms with Gasteiger partial charge in [0, 0.05) is 42.6 Å². The molecule has 2 N–H and O–H groups in total. The molecular weight excluding hydrogens is 412 g/mol. The highest BCUT2D eigenvalue weighted by molar-refractivity contribution is 6.37. The van der Waals surface area contributed by atoms with E-state index in [0.717, 1.165) is 33.9 Å². The van der Waals surface area contributed by atoms with Crippen molar-refractivity contribution in [2.45, 2.75) is 6.42 Å². The van der Waals surface area contributed by atoms with Crippen LogP contribution < -0.4 is 15.5 Å². The van der Waals surface area contributed by atoms with Crippen molar-refractivity contribution in [3.63, 3.8) is 0 Å². The number of para-hydroxylation sites is 1. The minimum absolute atomic E-state index is 0.0655. The first-order valence-corrected chi connectivity index (χ1v) is 10.9. The molecule has 0 unspecified atom stereocenters. The van der Waals surface area contributed by atoms with E-state index in [1.807, 2.05) is 97.9 Å². The van der Waals surface area contributed by atoms with Gasteiger partial charge in [0.2, 0.25) is 5.91 Å². The predicted octanol–water partition coefficient (Wildman–Crippen LogP) is 4.53. The molecule has 0 atom stereocenters. The number of anilines is 3. The van der Waals surface area contributed by atoms with Crippen molar-refractivity contribution in [1.82, 2.24) is 4.90 Å². The molecule has 3 aromatic rings. The Morgan fingerprint density at radius 3 is 2.24 bits per heavy atom. The first-order chi connectivity index (χ1) is 15.9. The number of carbonyl (C=O) groups excluding carboxylic acids is 2. The van der Waals surface area contributed by atoms with Crippen molar-refractivity contribution < 1.29 is 9.59 Å². The van der Waals surface area contributed by atoms with Crippen LogP contribution in [0.25, 0.3) is 11.3 Å². The van der Waals surface area contributed by atoms with Crippen LogP contribution in [-0.2, 0) is 9.59 Å². The molecule has 0 aliphatic carbocycles. The molecule has 168 valence electrons. The van der Waals surface area contributed by atoms with Gasteiger partial charge in [-0.2, -0.15) is 0 Å². The zero-order valence-electron chi connectivity index (χ0n) is 19.1. The Morgan fingerprint density at radius 1 is 0.879 bits per heavy atom. The largest absolute Gasteiger partial charge is 0.354 e. The number of hydrogen-bond acceptors (Lipinski definition) is 4. The van der Waals surface area contributed by atoms with Crippen molar-refractivity contribution in [1.29, 1.82) is 0 Å². The molecule has 0 saturated carbocycles. The average molecular weight is 441 g/mol. The van der Waals surface area contributed by atoms with Gasteiger partial charge in [-0.15, -0.1) is 0 Å². The topological polar surface area (TPSA) is 64.7 Å². The van der Waals surface area contributed by atoms with Gasteiger partial charge in [0.1, 0.15) is 0 Å². The first kappa shape index (κ1) is 22.3. The molecule has 4 rings (SSSR count). The molecule has 0 saturated heterocycles. The Labute approximate surface area is 194 Å². The normalized spacial score (nSPS) is 14.0. The zero-order chi connectivity index (χ0) is 23.4.